The lowest BCUT2D eigenvalue weighted by Crippen LogP contribution is -2.61. The van der Waals surface area contributed by atoms with Crippen molar-refractivity contribution in [2.24, 2.45) is 11.8 Å². The number of amides is 1. The Hall–Kier alpha value is -3.20. The highest BCUT2D eigenvalue weighted by atomic mass is 16.6. The molecule has 4 atom stereocenters. The highest BCUT2D eigenvalue weighted by Crippen LogP contribution is 2.47. The van der Waals surface area contributed by atoms with Crippen LogP contribution in [-0.2, 0) is 22.5 Å². The van der Waals surface area contributed by atoms with E-state index in [1.54, 1.807) is 25.3 Å². The van der Waals surface area contributed by atoms with E-state index >= 15 is 0 Å². The van der Waals surface area contributed by atoms with Crippen molar-refractivity contribution in [1.82, 2.24) is 9.88 Å². The molecule has 0 aliphatic carbocycles. The van der Waals surface area contributed by atoms with Crippen molar-refractivity contribution in [2.75, 3.05) is 31.7 Å². The zero-order chi connectivity index (χ0) is 22.4. The van der Waals surface area contributed by atoms with Gasteiger partial charge in [-0.2, -0.15) is 0 Å². The van der Waals surface area contributed by atoms with Crippen molar-refractivity contribution < 1.29 is 14.5 Å². The number of rotatable bonds is 5. The molecule has 2 bridgehead atoms. The standard InChI is InChI=1S/C23H26N4O5/c1-32-8-7-24-23(29)18-11-14-10-17(27(30)31)5-6-20(14)26-12-15-9-16(22(18)26)13-25-19(15)3-2-4-21(25)28/h2-6,10,15-16,18,22H,7-9,11-13H2,1H3,(H,24,29)/t15?,16?,18-,22+/m1/s1. The molecule has 1 fully saturated rings. The van der Waals surface area contributed by atoms with Crippen molar-refractivity contribution in [3.63, 3.8) is 0 Å². The summed E-state index contributed by atoms with van der Waals surface area (Å²) < 4.78 is 6.93. The van der Waals surface area contributed by atoms with Crippen LogP contribution in [0.15, 0.2) is 41.2 Å². The summed E-state index contributed by atoms with van der Waals surface area (Å²) in [5.41, 5.74) is 2.85. The van der Waals surface area contributed by atoms with Gasteiger partial charge in [0.05, 0.1) is 17.4 Å². The predicted octanol–water partition coefficient (Wildman–Crippen LogP) is 1.68. The number of fused-ring (bicyclic) bond motifs is 8. The van der Waals surface area contributed by atoms with Gasteiger partial charge >= 0.3 is 0 Å². The number of pyridine rings is 1. The number of benzene rings is 1. The number of nitrogens with zero attached hydrogens (tertiary/aromatic N) is 3. The van der Waals surface area contributed by atoms with E-state index in [1.807, 2.05) is 16.7 Å². The molecule has 32 heavy (non-hydrogen) atoms. The summed E-state index contributed by atoms with van der Waals surface area (Å²) in [4.78, 5) is 39.0. The van der Waals surface area contributed by atoms with Crippen LogP contribution in [0, 0.1) is 22.0 Å². The Morgan fingerprint density at radius 1 is 1.28 bits per heavy atom. The average molecular weight is 438 g/mol. The molecular weight excluding hydrogens is 412 g/mol. The number of hydrogen-bond acceptors (Lipinski definition) is 6. The van der Waals surface area contributed by atoms with Gasteiger partial charge in [-0.05, 0) is 36.5 Å². The molecule has 4 heterocycles. The van der Waals surface area contributed by atoms with E-state index in [0.29, 0.717) is 32.7 Å². The van der Waals surface area contributed by atoms with Gasteiger partial charge < -0.3 is 19.5 Å². The van der Waals surface area contributed by atoms with Gasteiger partial charge in [0.15, 0.2) is 0 Å². The van der Waals surface area contributed by atoms with Gasteiger partial charge in [0.25, 0.3) is 11.2 Å². The molecule has 1 aromatic carbocycles. The number of anilines is 1. The first-order valence-electron chi connectivity index (χ1n) is 11.0. The maximum Gasteiger partial charge on any atom is 0.269 e. The summed E-state index contributed by atoms with van der Waals surface area (Å²) in [7, 11) is 1.59. The minimum atomic E-state index is -0.395. The summed E-state index contributed by atoms with van der Waals surface area (Å²) in [6, 6.07) is 10.3. The Balaban J connectivity index is 1.56. The minimum absolute atomic E-state index is 0.00131. The van der Waals surface area contributed by atoms with Crippen LogP contribution in [0.4, 0.5) is 11.4 Å². The number of piperidine rings is 1. The van der Waals surface area contributed by atoms with Crippen LogP contribution >= 0.6 is 0 Å². The zero-order valence-electron chi connectivity index (χ0n) is 17.9. The Bertz CT molecular complexity index is 1130. The first-order chi connectivity index (χ1) is 15.5. The average Bonchev–Trinajstić information content (AvgIpc) is 2.79. The van der Waals surface area contributed by atoms with Gasteiger partial charge in [0.1, 0.15) is 0 Å². The monoisotopic (exact) mass is 438 g/mol. The topological polar surface area (TPSA) is 107 Å². The van der Waals surface area contributed by atoms with E-state index in [1.165, 1.54) is 6.07 Å². The van der Waals surface area contributed by atoms with Crippen molar-refractivity contribution in [2.45, 2.75) is 31.3 Å². The maximum absolute atomic E-state index is 13.2. The quantitative estimate of drug-likeness (QED) is 0.433. The molecule has 3 aliphatic heterocycles. The minimum Gasteiger partial charge on any atom is -0.383 e. The highest BCUT2D eigenvalue weighted by molar-refractivity contribution is 5.82. The van der Waals surface area contributed by atoms with Crippen LogP contribution < -0.4 is 15.8 Å². The molecule has 0 radical (unpaired) electrons. The van der Waals surface area contributed by atoms with E-state index < -0.39 is 4.92 Å². The largest absolute Gasteiger partial charge is 0.383 e. The number of non-ortho nitro benzene ring substituents is 1. The lowest BCUT2D eigenvalue weighted by molar-refractivity contribution is -0.384. The molecule has 1 amide bonds. The molecule has 168 valence electrons. The molecule has 0 spiro atoms. The van der Waals surface area contributed by atoms with Crippen LogP contribution in [-0.4, -0.2) is 48.2 Å². The number of methoxy groups -OCH3 is 1. The van der Waals surface area contributed by atoms with E-state index in [9.17, 15) is 19.7 Å². The molecule has 9 nitrogen and oxygen atoms in total. The van der Waals surface area contributed by atoms with E-state index in [-0.39, 0.29) is 40.9 Å². The number of carbonyl (C=O) groups is 1. The van der Waals surface area contributed by atoms with Gasteiger partial charge in [0, 0.05) is 68.3 Å². The predicted molar refractivity (Wildman–Crippen MR) is 118 cm³/mol. The van der Waals surface area contributed by atoms with E-state index in [4.69, 9.17) is 4.74 Å². The second-order valence-electron chi connectivity index (χ2n) is 8.90. The molecule has 1 saturated heterocycles. The number of nitro benzene ring substituents is 1. The SMILES string of the molecule is COCCNC(=O)[C@@H]1Cc2cc([N+](=O)[O-])ccc2N2CC3CC(Cn4c3cccc4=O)[C@@H]12. The molecule has 2 unspecified atom stereocenters. The Morgan fingerprint density at radius 2 is 2.12 bits per heavy atom. The molecular formula is C23H26N4O5. The van der Waals surface area contributed by atoms with Crippen LogP contribution in [0.5, 0.6) is 0 Å². The fourth-order valence-electron chi connectivity index (χ4n) is 5.86. The number of ether oxygens (including phenoxy) is 1. The first-order valence-corrected chi connectivity index (χ1v) is 11.0. The van der Waals surface area contributed by atoms with Crippen LogP contribution in [0.3, 0.4) is 0 Å². The van der Waals surface area contributed by atoms with Crippen LogP contribution in [0.2, 0.25) is 0 Å². The molecule has 0 saturated carbocycles. The summed E-state index contributed by atoms with van der Waals surface area (Å²) in [5, 5.41) is 14.3. The van der Waals surface area contributed by atoms with E-state index in [2.05, 4.69) is 10.2 Å². The molecule has 9 heteroatoms. The summed E-state index contributed by atoms with van der Waals surface area (Å²) in [6.45, 7) is 2.09. The van der Waals surface area contributed by atoms with Crippen molar-refractivity contribution in [3.8, 4) is 0 Å². The number of nitro groups is 1. The summed E-state index contributed by atoms with van der Waals surface area (Å²) in [6.07, 6.45) is 1.36. The Labute approximate surface area is 185 Å². The van der Waals surface area contributed by atoms with Gasteiger partial charge in [-0.1, -0.05) is 6.07 Å². The third-order valence-electron chi connectivity index (χ3n) is 7.14. The van der Waals surface area contributed by atoms with Gasteiger partial charge in [-0.15, -0.1) is 0 Å². The Morgan fingerprint density at radius 3 is 2.91 bits per heavy atom. The van der Waals surface area contributed by atoms with Crippen molar-refractivity contribution in [1.29, 1.82) is 0 Å². The van der Waals surface area contributed by atoms with Gasteiger partial charge in [-0.3, -0.25) is 19.7 Å². The molecule has 2 aromatic rings. The molecule has 3 aliphatic rings. The smallest absolute Gasteiger partial charge is 0.269 e. The summed E-state index contributed by atoms with van der Waals surface area (Å²) >= 11 is 0. The first kappa shape index (κ1) is 20.7. The second-order valence-corrected chi connectivity index (χ2v) is 8.90. The third kappa shape index (κ3) is 3.37. The maximum atomic E-state index is 13.2. The normalized spacial score (nSPS) is 25.3. The number of hydrogen-bond donors (Lipinski definition) is 1. The van der Waals surface area contributed by atoms with Gasteiger partial charge in [-0.25, -0.2) is 0 Å². The number of aromatic nitrogens is 1. The fraction of sp³-hybridized carbons (Fsp3) is 0.478. The second kappa shape index (κ2) is 8.05. The van der Waals surface area contributed by atoms with Crippen LogP contribution in [0.1, 0.15) is 23.6 Å². The van der Waals surface area contributed by atoms with Crippen molar-refractivity contribution in [3.05, 3.63) is 68.1 Å². The third-order valence-corrected chi connectivity index (χ3v) is 7.14. The Kier molecular flexibility index (Phi) is 5.21. The van der Waals surface area contributed by atoms with Crippen LogP contribution in [0.25, 0.3) is 0 Å². The highest BCUT2D eigenvalue weighted by Gasteiger charge is 2.49. The number of carbonyl (C=O) groups excluding carboxylic acids is 1. The fourth-order valence-corrected chi connectivity index (χ4v) is 5.86. The van der Waals surface area contributed by atoms with Crippen molar-refractivity contribution >= 4 is 17.3 Å². The lowest BCUT2D eigenvalue weighted by Gasteiger charge is -2.54. The van der Waals surface area contributed by atoms with E-state index in [0.717, 1.165) is 23.4 Å². The molecule has 5 rings (SSSR count). The number of nitrogens with one attached hydrogen (secondary N) is 1. The molecule has 1 aromatic heterocycles. The lowest BCUT2D eigenvalue weighted by atomic mass is 9.70. The molecule has 1 N–H and O–H groups in total. The zero-order valence-corrected chi connectivity index (χ0v) is 17.9. The summed E-state index contributed by atoms with van der Waals surface area (Å²) in [5.74, 6) is -0.104. The van der Waals surface area contributed by atoms with Gasteiger partial charge in [0.2, 0.25) is 5.91 Å².